The second-order valence-electron chi connectivity index (χ2n) is 8.49. The van der Waals surface area contributed by atoms with Crippen LogP contribution in [0.4, 0.5) is 24.8 Å². The van der Waals surface area contributed by atoms with Gasteiger partial charge in [-0.2, -0.15) is 4.98 Å². The molecule has 0 unspecified atom stereocenters. The minimum Gasteiger partial charge on any atom is -0.406 e. The first kappa shape index (κ1) is 36.9. The summed E-state index contributed by atoms with van der Waals surface area (Å²) >= 11 is 0. The number of rotatable bonds is 6. The molecule has 0 spiro atoms. The molecule has 0 bridgehead atoms. The van der Waals surface area contributed by atoms with Gasteiger partial charge in [0.2, 0.25) is 12.4 Å². The van der Waals surface area contributed by atoms with E-state index in [-0.39, 0.29) is 5.75 Å². The van der Waals surface area contributed by atoms with Crippen molar-refractivity contribution in [3.63, 3.8) is 0 Å². The number of ether oxygens (including phenoxy) is 1. The number of amides is 1. The maximum atomic E-state index is 12.5. The molecule has 0 saturated carbocycles. The first-order valence-electron chi connectivity index (χ1n) is 14.8. The summed E-state index contributed by atoms with van der Waals surface area (Å²) in [7, 11) is 0. The highest BCUT2D eigenvalue weighted by atomic mass is 19.4. The van der Waals surface area contributed by atoms with Gasteiger partial charge in [-0.25, -0.2) is 4.52 Å². The molecule has 11 heteroatoms. The smallest absolute Gasteiger partial charge is 0.406 e. The molecule has 0 radical (unpaired) electrons. The third kappa shape index (κ3) is 12.7. The SMILES string of the molecule is CC.CC.CC.Cc1ccc(Nc2nc3cccc(-c4cccc(OC(F)(F)F)c4)n3n2)cc1.O=CNC1CCNCC1. The number of carbonyl (C=O) groups excluding carboxylic acids is 1. The van der Waals surface area contributed by atoms with Crippen molar-refractivity contribution >= 4 is 23.7 Å². The Morgan fingerprint density at radius 2 is 1.56 bits per heavy atom. The summed E-state index contributed by atoms with van der Waals surface area (Å²) in [6.45, 7) is 16.1. The monoisotopic (exact) mass is 602 g/mol. The van der Waals surface area contributed by atoms with Gasteiger partial charge in [-0.05, 0) is 69.3 Å². The van der Waals surface area contributed by atoms with Gasteiger partial charge >= 0.3 is 6.36 Å². The van der Waals surface area contributed by atoms with Crippen molar-refractivity contribution in [2.75, 3.05) is 18.4 Å². The quantitative estimate of drug-likeness (QED) is 0.194. The minimum atomic E-state index is -4.75. The molecule has 0 atom stereocenters. The number of aromatic nitrogens is 3. The van der Waals surface area contributed by atoms with Crippen molar-refractivity contribution < 1.29 is 22.7 Å². The summed E-state index contributed by atoms with van der Waals surface area (Å²) in [6.07, 6.45) is -1.82. The zero-order valence-corrected chi connectivity index (χ0v) is 26.1. The van der Waals surface area contributed by atoms with E-state index in [0.717, 1.165) is 43.6 Å². The molecule has 4 aromatic rings. The number of alkyl halides is 3. The van der Waals surface area contributed by atoms with Crippen LogP contribution in [0, 0.1) is 6.92 Å². The van der Waals surface area contributed by atoms with Crippen LogP contribution in [-0.4, -0.2) is 46.5 Å². The number of pyridine rings is 1. The lowest BCUT2D eigenvalue weighted by Gasteiger charge is -2.21. The molecule has 43 heavy (non-hydrogen) atoms. The van der Waals surface area contributed by atoms with E-state index in [9.17, 15) is 18.0 Å². The Balaban J connectivity index is 0.000000517. The molecule has 8 nitrogen and oxygen atoms in total. The number of halogens is 3. The Hall–Kier alpha value is -4.12. The van der Waals surface area contributed by atoms with Crippen LogP contribution in [0.2, 0.25) is 0 Å². The van der Waals surface area contributed by atoms with Gasteiger partial charge in [0, 0.05) is 17.3 Å². The molecule has 2 aromatic carbocycles. The molecule has 1 fully saturated rings. The zero-order valence-electron chi connectivity index (χ0n) is 26.1. The van der Waals surface area contributed by atoms with Crippen molar-refractivity contribution in [1.29, 1.82) is 0 Å². The number of fused-ring (bicyclic) bond motifs is 1. The highest BCUT2D eigenvalue weighted by Gasteiger charge is 2.31. The maximum Gasteiger partial charge on any atom is 0.573 e. The number of piperidine rings is 1. The summed E-state index contributed by atoms with van der Waals surface area (Å²) in [6, 6.07) is 19.2. The molecule has 1 amide bonds. The largest absolute Gasteiger partial charge is 0.573 e. The van der Waals surface area contributed by atoms with Crippen molar-refractivity contribution in [2.45, 2.75) is 73.7 Å². The Morgan fingerprint density at radius 1 is 0.930 bits per heavy atom. The van der Waals surface area contributed by atoms with Gasteiger partial charge in [0.05, 0.1) is 5.69 Å². The van der Waals surface area contributed by atoms with E-state index < -0.39 is 6.36 Å². The summed E-state index contributed by atoms with van der Waals surface area (Å²) in [5.41, 5.74) is 3.66. The van der Waals surface area contributed by atoms with Crippen LogP contribution in [0.25, 0.3) is 16.9 Å². The fourth-order valence-electron chi connectivity index (χ4n) is 3.88. The Kier molecular flexibility index (Phi) is 17.1. The normalized spacial score (nSPS) is 12.4. The Labute approximate surface area is 253 Å². The van der Waals surface area contributed by atoms with Crippen LogP contribution >= 0.6 is 0 Å². The molecule has 5 rings (SSSR count). The average Bonchev–Trinajstić information content (AvgIpc) is 3.44. The van der Waals surface area contributed by atoms with Crippen LogP contribution in [0.5, 0.6) is 5.75 Å². The highest BCUT2D eigenvalue weighted by molar-refractivity contribution is 5.66. The fourth-order valence-corrected chi connectivity index (χ4v) is 3.88. The van der Waals surface area contributed by atoms with Gasteiger partial charge in [0.25, 0.3) is 0 Å². The van der Waals surface area contributed by atoms with Crippen molar-refractivity contribution in [3.8, 4) is 17.0 Å². The van der Waals surface area contributed by atoms with E-state index >= 15 is 0 Å². The number of hydrogen-bond acceptors (Lipinski definition) is 6. The molecule has 3 N–H and O–H groups in total. The van der Waals surface area contributed by atoms with E-state index in [2.05, 4.69) is 30.8 Å². The number of benzene rings is 2. The second-order valence-corrected chi connectivity index (χ2v) is 8.49. The van der Waals surface area contributed by atoms with E-state index in [4.69, 9.17) is 0 Å². The van der Waals surface area contributed by atoms with E-state index in [1.165, 1.54) is 18.2 Å². The standard InChI is InChI=1S/C20H15F3N4O.C6H12N2O.3C2H6/c1-13-8-10-15(11-9-13)24-19-25-18-7-3-6-17(27(18)26-19)14-4-2-5-16(12-14)28-20(21,22)23;9-5-8-6-1-3-7-4-2-6;3*1-2/h2-12H,1H3,(H,24,26);5-7H,1-4H2,(H,8,9);3*1-2H3. The molecule has 3 heterocycles. The van der Waals surface area contributed by atoms with Crippen LogP contribution in [-0.2, 0) is 4.79 Å². The van der Waals surface area contributed by atoms with Gasteiger partial charge in [-0.3, -0.25) is 4.79 Å². The topological polar surface area (TPSA) is 92.6 Å². The zero-order chi connectivity index (χ0) is 32.3. The minimum absolute atomic E-state index is 0.292. The van der Waals surface area contributed by atoms with E-state index in [1.54, 1.807) is 28.8 Å². The number of hydrogen-bond donors (Lipinski definition) is 3. The molecule has 1 saturated heterocycles. The van der Waals surface area contributed by atoms with Gasteiger partial charge in [-0.15, -0.1) is 18.3 Å². The van der Waals surface area contributed by atoms with Crippen LogP contribution in [0.3, 0.4) is 0 Å². The summed E-state index contributed by atoms with van der Waals surface area (Å²) < 4.78 is 43.1. The van der Waals surface area contributed by atoms with Gasteiger partial charge in [-0.1, -0.05) is 77.4 Å². The molecule has 1 aliphatic heterocycles. The maximum absolute atomic E-state index is 12.5. The van der Waals surface area contributed by atoms with Crippen LogP contribution in [0.15, 0.2) is 66.7 Å². The van der Waals surface area contributed by atoms with Gasteiger partial charge in [0.1, 0.15) is 5.75 Å². The Bertz CT molecular complexity index is 1320. The summed E-state index contributed by atoms with van der Waals surface area (Å²) in [4.78, 5) is 14.4. The number of aryl methyl sites for hydroxylation is 1. The highest BCUT2D eigenvalue weighted by Crippen LogP contribution is 2.28. The third-order valence-electron chi connectivity index (χ3n) is 5.67. The van der Waals surface area contributed by atoms with Crippen molar-refractivity contribution in [1.82, 2.24) is 25.2 Å². The lowest BCUT2D eigenvalue weighted by molar-refractivity contribution is -0.274. The number of nitrogens with zero attached hydrogens (tertiary/aromatic N) is 3. The number of carbonyl (C=O) groups is 1. The lowest BCUT2D eigenvalue weighted by Crippen LogP contribution is -2.39. The molecular weight excluding hydrogens is 557 g/mol. The molecule has 0 aliphatic carbocycles. The van der Waals surface area contributed by atoms with E-state index in [0.29, 0.717) is 28.9 Å². The number of nitrogens with one attached hydrogen (secondary N) is 3. The predicted molar refractivity (Wildman–Crippen MR) is 169 cm³/mol. The summed E-state index contributed by atoms with van der Waals surface area (Å²) in [5.74, 6) is 0.0964. The predicted octanol–water partition coefficient (Wildman–Crippen LogP) is 7.91. The van der Waals surface area contributed by atoms with Gasteiger partial charge in [0.15, 0.2) is 5.65 Å². The fraction of sp³-hybridized carbons (Fsp3) is 0.406. The summed E-state index contributed by atoms with van der Waals surface area (Å²) in [5, 5.41) is 13.5. The van der Waals surface area contributed by atoms with Crippen LogP contribution in [0.1, 0.15) is 59.9 Å². The first-order valence-corrected chi connectivity index (χ1v) is 14.8. The average molecular weight is 603 g/mol. The lowest BCUT2D eigenvalue weighted by atomic mass is 10.1. The first-order chi connectivity index (χ1) is 20.8. The number of anilines is 2. The molecular formula is C32H45F3N6O2. The molecule has 236 valence electrons. The third-order valence-corrected chi connectivity index (χ3v) is 5.67. The molecule has 2 aromatic heterocycles. The second kappa shape index (κ2) is 19.9. The van der Waals surface area contributed by atoms with Gasteiger partial charge < -0.3 is 20.7 Å². The van der Waals surface area contributed by atoms with E-state index in [1.807, 2.05) is 72.7 Å². The Morgan fingerprint density at radius 3 is 2.16 bits per heavy atom. The van der Waals surface area contributed by atoms with Crippen molar-refractivity contribution in [3.05, 3.63) is 72.3 Å². The van der Waals surface area contributed by atoms with Crippen LogP contribution < -0.4 is 20.7 Å². The van der Waals surface area contributed by atoms with Crippen molar-refractivity contribution in [2.24, 2.45) is 0 Å². The molecule has 1 aliphatic rings.